The minimum absolute atomic E-state index is 0.0628. The van der Waals surface area contributed by atoms with E-state index < -0.39 is 24.4 Å². The van der Waals surface area contributed by atoms with Crippen LogP contribution in [0.15, 0.2) is 30.3 Å². The van der Waals surface area contributed by atoms with E-state index in [9.17, 15) is 18.0 Å². The highest BCUT2D eigenvalue weighted by atomic mass is 19.4. The molecule has 1 aromatic rings. The molecule has 1 heterocycles. The second-order valence-corrected chi connectivity index (χ2v) is 4.97. The molecule has 1 fully saturated rings. The van der Waals surface area contributed by atoms with Gasteiger partial charge in [0, 0.05) is 19.0 Å². The Labute approximate surface area is 115 Å². The molecule has 1 aromatic carbocycles. The van der Waals surface area contributed by atoms with Crippen molar-refractivity contribution in [2.75, 3.05) is 13.1 Å². The summed E-state index contributed by atoms with van der Waals surface area (Å²) in [5.74, 6) is -2.30. The molecule has 0 aromatic heterocycles. The monoisotopic (exact) mass is 286 g/mol. The van der Waals surface area contributed by atoms with E-state index in [1.165, 1.54) is 12.1 Å². The predicted molar refractivity (Wildman–Crippen MR) is 69.3 cm³/mol. The van der Waals surface area contributed by atoms with Gasteiger partial charge in [-0.2, -0.15) is 13.2 Å². The molecule has 0 saturated carbocycles. The lowest BCUT2D eigenvalue weighted by Crippen LogP contribution is -2.38. The molecular weight excluding hydrogens is 269 g/mol. The van der Waals surface area contributed by atoms with Crippen LogP contribution in [0.25, 0.3) is 0 Å². The molecule has 20 heavy (non-hydrogen) atoms. The van der Waals surface area contributed by atoms with Crippen molar-refractivity contribution in [3.63, 3.8) is 0 Å². The van der Waals surface area contributed by atoms with E-state index in [1.807, 2.05) is 0 Å². The van der Waals surface area contributed by atoms with Crippen molar-refractivity contribution in [1.82, 2.24) is 10.6 Å². The topological polar surface area (TPSA) is 41.1 Å². The molecule has 2 atom stereocenters. The van der Waals surface area contributed by atoms with Crippen molar-refractivity contribution in [3.05, 3.63) is 35.9 Å². The van der Waals surface area contributed by atoms with Gasteiger partial charge in [-0.15, -0.1) is 0 Å². The summed E-state index contributed by atoms with van der Waals surface area (Å²) in [6.45, 7) is 1.40. The van der Waals surface area contributed by atoms with E-state index >= 15 is 0 Å². The number of benzene rings is 1. The van der Waals surface area contributed by atoms with Crippen LogP contribution in [-0.4, -0.2) is 31.2 Å². The number of halogens is 3. The number of hydrogen-bond acceptors (Lipinski definition) is 2. The van der Waals surface area contributed by atoms with Crippen LogP contribution in [0.3, 0.4) is 0 Å². The van der Waals surface area contributed by atoms with Crippen molar-refractivity contribution in [1.29, 1.82) is 0 Å². The van der Waals surface area contributed by atoms with Crippen LogP contribution < -0.4 is 10.6 Å². The first-order valence-electron chi connectivity index (χ1n) is 6.58. The fourth-order valence-electron chi connectivity index (χ4n) is 2.36. The third kappa shape index (κ3) is 3.96. The van der Waals surface area contributed by atoms with Gasteiger partial charge in [0.1, 0.15) is 0 Å². The maximum atomic E-state index is 13.1. The first-order chi connectivity index (χ1) is 9.47. The van der Waals surface area contributed by atoms with Crippen LogP contribution in [0, 0.1) is 0 Å². The molecule has 2 N–H and O–H groups in total. The third-order valence-electron chi connectivity index (χ3n) is 3.41. The average molecular weight is 286 g/mol. The second kappa shape index (κ2) is 6.26. The number of amides is 1. The number of alkyl halides is 3. The first-order valence-corrected chi connectivity index (χ1v) is 6.58. The molecule has 0 aliphatic carbocycles. The van der Waals surface area contributed by atoms with Crippen LogP contribution in [0.1, 0.15) is 24.3 Å². The summed E-state index contributed by atoms with van der Waals surface area (Å²) in [6.07, 6.45) is -4.23. The Hall–Kier alpha value is -1.56. The van der Waals surface area contributed by atoms with Crippen LogP contribution in [0.5, 0.6) is 0 Å². The minimum Gasteiger partial charge on any atom is -0.352 e. The van der Waals surface area contributed by atoms with Crippen LogP contribution in [-0.2, 0) is 4.79 Å². The van der Waals surface area contributed by atoms with Crippen LogP contribution in [0.4, 0.5) is 13.2 Å². The maximum Gasteiger partial charge on any atom is 0.396 e. The lowest BCUT2D eigenvalue weighted by molar-refractivity contribution is -0.157. The fourth-order valence-corrected chi connectivity index (χ4v) is 2.36. The van der Waals surface area contributed by atoms with Crippen molar-refractivity contribution in [3.8, 4) is 0 Å². The van der Waals surface area contributed by atoms with Crippen molar-refractivity contribution >= 4 is 5.91 Å². The quantitative estimate of drug-likeness (QED) is 0.891. The molecule has 2 rings (SSSR count). The Morgan fingerprint density at radius 2 is 2.05 bits per heavy atom. The number of carbonyl (C=O) groups is 1. The molecular formula is C14H17F3N2O. The molecule has 1 saturated heterocycles. The van der Waals surface area contributed by atoms with Gasteiger partial charge in [-0.25, -0.2) is 0 Å². The minimum atomic E-state index is -4.42. The maximum absolute atomic E-state index is 13.1. The highest BCUT2D eigenvalue weighted by molar-refractivity contribution is 5.77. The standard InChI is InChI=1S/C14H17F3N2O/c15-14(16,17)12(10-4-2-1-3-5-10)8-13(20)19-11-6-7-18-9-11/h1-5,11-12,18H,6-9H2,(H,19,20). The Balaban J connectivity index is 2.03. The van der Waals surface area contributed by atoms with Gasteiger partial charge in [0.2, 0.25) is 5.91 Å². The third-order valence-corrected chi connectivity index (χ3v) is 3.41. The van der Waals surface area contributed by atoms with E-state index in [4.69, 9.17) is 0 Å². The van der Waals surface area contributed by atoms with E-state index in [2.05, 4.69) is 10.6 Å². The van der Waals surface area contributed by atoms with Gasteiger partial charge in [-0.1, -0.05) is 30.3 Å². The summed E-state index contributed by atoms with van der Waals surface area (Å²) in [7, 11) is 0. The predicted octanol–water partition coefficient (Wildman–Crippen LogP) is 2.20. The molecule has 1 amide bonds. The number of hydrogen-bond donors (Lipinski definition) is 2. The largest absolute Gasteiger partial charge is 0.396 e. The Morgan fingerprint density at radius 3 is 2.60 bits per heavy atom. The van der Waals surface area contributed by atoms with E-state index in [-0.39, 0.29) is 11.6 Å². The smallest absolute Gasteiger partial charge is 0.352 e. The van der Waals surface area contributed by atoms with Gasteiger partial charge < -0.3 is 10.6 Å². The average Bonchev–Trinajstić information content (AvgIpc) is 2.88. The summed E-state index contributed by atoms with van der Waals surface area (Å²) in [6, 6.07) is 7.50. The molecule has 1 aliphatic heterocycles. The summed E-state index contributed by atoms with van der Waals surface area (Å²) < 4.78 is 39.3. The molecule has 6 heteroatoms. The van der Waals surface area contributed by atoms with Gasteiger partial charge >= 0.3 is 6.18 Å². The van der Waals surface area contributed by atoms with Gasteiger partial charge in [0.25, 0.3) is 0 Å². The zero-order chi connectivity index (χ0) is 14.6. The van der Waals surface area contributed by atoms with Crippen LogP contribution in [0.2, 0.25) is 0 Å². The molecule has 0 spiro atoms. The zero-order valence-corrected chi connectivity index (χ0v) is 10.9. The molecule has 2 unspecified atom stereocenters. The van der Waals surface area contributed by atoms with E-state index in [1.54, 1.807) is 18.2 Å². The Morgan fingerprint density at radius 1 is 1.35 bits per heavy atom. The summed E-state index contributed by atoms with van der Waals surface area (Å²) in [5, 5.41) is 5.71. The van der Waals surface area contributed by atoms with Crippen molar-refractivity contribution < 1.29 is 18.0 Å². The molecule has 0 bridgehead atoms. The molecule has 3 nitrogen and oxygen atoms in total. The number of rotatable bonds is 4. The van der Waals surface area contributed by atoms with E-state index in [0.717, 1.165) is 13.0 Å². The summed E-state index contributed by atoms with van der Waals surface area (Å²) in [5.41, 5.74) is 0.125. The van der Waals surface area contributed by atoms with Crippen LogP contribution >= 0.6 is 0 Å². The zero-order valence-electron chi connectivity index (χ0n) is 10.9. The second-order valence-electron chi connectivity index (χ2n) is 4.97. The van der Waals surface area contributed by atoms with Gasteiger partial charge in [0.05, 0.1) is 5.92 Å². The lowest BCUT2D eigenvalue weighted by atomic mass is 9.94. The summed E-state index contributed by atoms with van der Waals surface area (Å²) >= 11 is 0. The SMILES string of the molecule is O=C(CC(c1ccccc1)C(F)(F)F)NC1CCNC1. The Bertz CT molecular complexity index is 441. The van der Waals surface area contributed by atoms with Crippen molar-refractivity contribution in [2.24, 2.45) is 0 Å². The molecule has 0 radical (unpaired) electrons. The van der Waals surface area contributed by atoms with E-state index in [0.29, 0.717) is 6.54 Å². The van der Waals surface area contributed by atoms with Gasteiger partial charge in [-0.3, -0.25) is 4.79 Å². The first kappa shape index (κ1) is 14.8. The molecule has 110 valence electrons. The number of nitrogens with one attached hydrogen (secondary N) is 2. The normalized spacial score (nSPS) is 20.6. The van der Waals surface area contributed by atoms with Gasteiger partial charge in [0.15, 0.2) is 0 Å². The molecule has 1 aliphatic rings. The lowest BCUT2D eigenvalue weighted by Gasteiger charge is -2.21. The van der Waals surface area contributed by atoms with Gasteiger partial charge in [-0.05, 0) is 18.5 Å². The highest BCUT2D eigenvalue weighted by Crippen LogP contribution is 2.37. The van der Waals surface area contributed by atoms with Crippen molar-refractivity contribution in [2.45, 2.75) is 31.0 Å². The summed E-state index contributed by atoms with van der Waals surface area (Å²) in [4.78, 5) is 11.8. The Kier molecular flexibility index (Phi) is 4.65. The highest BCUT2D eigenvalue weighted by Gasteiger charge is 2.42. The fraction of sp³-hybridized carbons (Fsp3) is 0.500. The number of carbonyl (C=O) groups excluding carboxylic acids is 1.